The van der Waals surface area contributed by atoms with Gasteiger partial charge >= 0.3 is 0 Å². The van der Waals surface area contributed by atoms with E-state index in [-0.39, 0.29) is 0 Å². The van der Waals surface area contributed by atoms with Crippen LogP contribution in [-0.2, 0) is 0 Å². The fraction of sp³-hybridized carbons (Fsp3) is 0. The van der Waals surface area contributed by atoms with Crippen molar-refractivity contribution >= 4 is 12.4 Å². The first kappa shape index (κ1) is 4.14. The number of hydrogen-bond donors (Lipinski definition) is 2. The van der Waals surface area contributed by atoms with Crippen LogP contribution in [-0.4, -0.2) is 17.6 Å². The number of oxime groups is 1. The molecule has 0 aliphatic carbocycles. The molecule has 2 N–H and O–H groups in total. The van der Waals surface area contributed by atoms with Gasteiger partial charge in [0.05, 0.1) is 6.21 Å². The van der Waals surface area contributed by atoms with Crippen LogP contribution >= 0.6 is 0 Å². The maximum absolute atomic E-state index is 7.48. The van der Waals surface area contributed by atoms with Gasteiger partial charge in [0, 0.05) is 6.21 Å². The normalized spacial score (nSPS) is 8.80. The quantitative estimate of drug-likeness (QED) is 0.257. The molecule has 0 heterocycles. The van der Waals surface area contributed by atoms with E-state index in [1.165, 1.54) is 0 Å². The molecule has 0 rings (SSSR count). The largest absolute Gasteiger partial charge is 0.411 e. The first-order valence-corrected chi connectivity index (χ1v) is 1.08. The molecule has 5 heavy (non-hydrogen) atoms. The minimum absolute atomic E-state index is 0.889. The van der Waals surface area contributed by atoms with E-state index in [9.17, 15) is 0 Å². The molecule has 0 aromatic rings. The van der Waals surface area contributed by atoms with E-state index < -0.39 is 0 Å². The van der Waals surface area contributed by atoms with E-state index in [1.807, 2.05) is 0 Å². The Morgan fingerprint density at radius 1 is 1.80 bits per heavy atom. The number of nitrogens with zero attached hydrogens (tertiary/aromatic N) is 1. The molecular weight excluding hydrogens is 68.0 g/mol. The van der Waals surface area contributed by atoms with Gasteiger partial charge < -0.3 is 10.6 Å². The molecule has 0 saturated carbocycles. The van der Waals surface area contributed by atoms with Gasteiger partial charge in [0.2, 0.25) is 0 Å². The molecule has 28 valence electrons. The topological polar surface area (TPSA) is 56.4 Å². The van der Waals surface area contributed by atoms with Gasteiger partial charge in [-0.1, -0.05) is 5.16 Å². The summed E-state index contributed by atoms with van der Waals surface area (Å²) in [5.41, 5.74) is 0. The molecule has 0 aromatic carbocycles. The third-order valence-electron chi connectivity index (χ3n) is 0.141. The Balaban J connectivity index is 2.92. The Morgan fingerprint density at radius 2 is 2.40 bits per heavy atom. The summed E-state index contributed by atoms with van der Waals surface area (Å²) in [4.78, 5) is 0. The highest BCUT2D eigenvalue weighted by molar-refractivity contribution is 6.14. The monoisotopic (exact) mass is 72.0 g/mol. The van der Waals surface area contributed by atoms with Crippen molar-refractivity contribution in [3.8, 4) is 0 Å². The Morgan fingerprint density at radius 3 is 2.40 bits per heavy atom. The van der Waals surface area contributed by atoms with Gasteiger partial charge in [-0.2, -0.15) is 0 Å². The van der Waals surface area contributed by atoms with E-state index in [0.29, 0.717) is 0 Å². The van der Waals surface area contributed by atoms with Crippen LogP contribution in [0.2, 0.25) is 0 Å². The third-order valence-corrected chi connectivity index (χ3v) is 0.141. The summed E-state index contributed by atoms with van der Waals surface area (Å²) < 4.78 is 0. The molecule has 0 bridgehead atoms. The van der Waals surface area contributed by atoms with Crippen molar-refractivity contribution in [2.45, 2.75) is 0 Å². The summed E-state index contributed by atoms with van der Waals surface area (Å²) in [5, 5.41) is 16.1. The predicted molar refractivity (Wildman–Crippen MR) is 19.1 cm³/mol. The van der Waals surface area contributed by atoms with Crippen LogP contribution in [0.1, 0.15) is 0 Å². The van der Waals surface area contributed by atoms with Crippen molar-refractivity contribution in [1.82, 2.24) is 0 Å². The minimum Gasteiger partial charge on any atom is -0.411 e. The maximum Gasteiger partial charge on any atom is 0.0837 e. The van der Waals surface area contributed by atoms with Gasteiger partial charge in [0.15, 0.2) is 0 Å². The molecule has 0 unspecified atom stereocenters. The van der Waals surface area contributed by atoms with E-state index in [1.54, 1.807) is 0 Å². The van der Waals surface area contributed by atoms with Gasteiger partial charge in [-0.3, -0.25) is 0 Å². The van der Waals surface area contributed by atoms with Gasteiger partial charge in [0.1, 0.15) is 0 Å². The molecule has 3 heteroatoms. The summed E-state index contributed by atoms with van der Waals surface area (Å²) in [7, 11) is 0. The Bertz CT molecular complexity index is 49.6. The van der Waals surface area contributed by atoms with Crippen LogP contribution in [0.3, 0.4) is 0 Å². The van der Waals surface area contributed by atoms with Gasteiger partial charge in [-0.25, -0.2) is 0 Å². The van der Waals surface area contributed by atoms with E-state index >= 15 is 0 Å². The maximum atomic E-state index is 7.48. The number of nitrogens with one attached hydrogen (secondary N) is 1. The van der Waals surface area contributed by atoms with Crippen molar-refractivity contribution in [2.24, 2.45) is 5.16 Å². The van der Waals surface area contributed by atoms with Crippen molar-refractivity contribution in [3.05, 3.63) is 0 Å². The van der Waals surface area contributed by atoms with E-state index in [4.69, 9.17) is 10.6 Å². The van der Waals surface area contributed by atoms with E-state index in [2.05, 4.69) is 5.16 Å². The molecule has 0 atom stereocenters. The highest BCUT2D eigenvalue weighted by Crippen LogP contribution is 1.37. The molecule has 0 fully saturated rings. The fourth-order valence-corrected chi connectivity index (χ4v) is 0.0333. The van der Waals surface area contributed by atoms with Crippen LogP contribution in [0.25, 0.3) is 0 Å². The van der Waals surface area contributed by atoms with Crippen LogP contribution < -0.4 is 0 Å². The first-order chi connectivity index (χ1) is 2.41. The third kappa shape index (κ3) is 3.14. The molecular formula is C2H4N2O. The molecule has 3 nitrogen and oxygen atoms in total. The average Bonchev–Trinajstić information content (AvgIpc) is 1.41. The lowest BCUT2D eigenvalue weighted by Crippen LogP contribution is -1.65. The Kier molecular flexibility index (Phi) is 2.60. The Hall–Kier alpha value is -0.860. The van der Waals surface area contributed by atoms with Gasteiger partial charge in [-0.05, 0) is 0 Å². The lowest BCUT2D eigenvalue weighted by atomic mass is 10.8. The summed E-state index contributed by atoms with van der Waals surface area (Å²) >= 11 is 0. The molecule has 0 spiro atoms. The Labute approximate surface area is 29.4 Å². The molecule has 0 aliphatic heterocycles. The summed E-state index contributed by atoms with van der Waals surface area (Å²) in [5.74, 6) is 0. The molecule has 0 aromatic heterocycles. The zero-order chi connectivity index (χ0) is 4.12. The van der Waals surface area contributed by atoms with Gasteiger partial charge in [-0.15, -0.1) is 0 Å². The second-order valence-corrected chi connectivity index (χ2v) is 0.431. The zero-order valence-electron chi connectivity index (χ0n) is 2.55. The van der Waals surface area contributed by atoms with Crippen LogP contribution in [0.5, 0.6) is 0 Å². The van der Waals surface area contributed by atoms with Crippen LogP contribution in [0.15, 0.2) is 5.16 Å². The average molecular weight is 72.1 g/mol. The van der Waals surface area contributed by atoms with Crippen LogP contribution in [0, 0.1) is 5.41 Å². The molecule has 0 radical (unpaired) electrons. The molecule has 0 saturated heterocycles. The molecule has 0 aliphatic rings. The number of rotatable bonds is 1. The second kappa shape index (κ2) is 3.14. The van der Waals surface area contributed by atoms with Crippen molar-refractivity contribution in [2.75, 3.05) is 0 Å². The smallest absolute Gasteiger partial charge is 0.0837 e. The highest BCUT2D eigenvalue weighted by Gasteiger charge is 1.46. The lowest BCUT2D eigenvalue weighted by molar-refractivity contribution is 0.322. The fourth-order valence-electron chi connectivity index (χ4n) is 0.0333. The lowest BCUT2D eigenvalue weighted by Gasteiger charge is -1.57. The SMILES string of the molecule is N=C/C=N\O. The zero-order valence-corrected chi connectivity index (χ0v) is 2.55. The van der Waals surface area contributed by atoms with Gasteiger partial charge in [0.25, 0.3) is 0 Å². The first-order valence-electron chi connectivity index (χ1n) is 1.08. The molecule has 0 amide bonds. The van der Waals surface area contributed by atoms with E-state index in [0.717, 1.165) is 12.4 Å². The predicted octanol–water partition coefficient (Wildman–Crippen LogP) is 0.0960. The van der Waals surface area contributed by atoms with Crippen LogP contribution in [0.4, 0.5) is 0 Å². The van der Waals surface area contributed by atoms with Crippen molar-refractivity contribution < 1.29 is 5.21 Å². The highest BCUT2D eigenvalue weighted by atomic mass is 16.4. The second-order valence-electron chi connectivity index (χ2n) is 0.431. The minimum atomic E-state index is 0.889. The summed E-state index contributed by atoms with van der Waals surface area (Å²) in [6, 6.07) is 0. The van der Waals surface area contributed by atoms with Crippen molar-refractivity contribution in [3.63, 3.8) is 0 Å². The summed E-state index contributed by atoms with van der Waals surface area (Å²) in [6.07, 6.45) is 1.86. The summed E-state index contributed by atoms with van der Waals surface area (Å²) in [6.45, 7) is 0. The van der Waals surface area contributed by atoms with Crippen molar-refractivity contribution in [1.29, 1.82) is 5.41 Å². The standard InChI is InChI=1S/C2H4N2O/c3-1-2-4-5/h1-3,5H/b3-1?,4-2-. The number of hydrogen-bond acceptors (Lipinski definition) is 3.